The molecule has 0 aliphatic heterocycles. The van der Waals surface area contributed by atoms with Crippen LogP contribution in [0.25, 0.3) is 0 Å². The molecule has 3 rings (SSSR count). The van der Waals surface area contributed by atoms with Gasteiger partial charge in [-0.05, 0) is 24.6 Å². The van der Waals surface area contributed by atoms with Gasteiger partial charge in [0.15, 0.2) is 5.13 Å². The van der Waals surface area contributed by atoms with E-state index in [1.807, 2.05) is 36.6 Å². The lowest BCUT2D eigenvalue weighted by Gasteiger charge is -2.03. The Bertz CT molecular complexity index is 985. The van der Waals surface area contributed by atoms with Crippen molar-refractivity contribution in [3.05, 3.63) is 40.9 Å². The fourth-order valence-electron chi connectivity index (χ4n) is 2.03. The Hall–Kier alpha value is -3.12. The molecule has 0 aliphatic carbocycles. The molecule has 0 fully saturated rings. The Labute approximate surface area is 169 Å². The van der Waals surface area contributed by atoms with Gasteiger partial charge in [-0.2, -0.15) is 5.10 Å². The lowest BCUT2D eigenvalue weighted by molar-refractivity contribution is -0.113. The maximum atomic E-state index is 12.0. The standard InChI is InChI=1S/C16H18N8O2S2/c1-10-8-27-15(19-10)20-13(25)9-28-16-23-22-14(24(16)17)21-18-7-11-4-3-5-12(6-11)26-2/h3-8H,9,17H2,1-2H3,(H,21,22)(H,19,20,25)/b18-7+. The molecule has 2 heterocycles. The van der Waals surface area contributed by atoms with Crippen molar-refractivity contribution >= 4 is 46.3 Å². The molecule has 0 spiro atoms. The predicted octanol–water partition coefficient (Wildman–Crippen LogP) is 1.94. The van der Waals surface area contributed by atoms with Gasteiger partial charge in [0.1, 0.15) is 5.75 Å². The molecular formula is C16H18N8O2S2. The van der Waals surface area contributed by atoms with Gasteiger partial charge >= 0.3 is 0 Å². The molecule has 2 aromatic heterocycles. The maximum Gasteiger partial charge on any atom is 0.264 e. The summed E-state index contributed by atoms with van der Waals surface area (Å²) in [5, 5.41) is 17.5. The Morgan fingerprint density at radius 1 is 1.46 bits per heavy atom. The van der Waals surface area contributed by atoms with Crippen molar-refractivity contribution < 1.29 is 9.53 Å². The summed E-state index contributed by atoms with van der Waals surface area (Å²) >= 11 is 2.53. The lowest BCUT2D eigenvalue weighted by Crippen LogP contribution is -2.16. The smallest absolute Gasteiger partial charge is 0.264 e. The molecule has 12 heteroatoms. The van der Waals surface area contributed by atoms with Crippen molar-refractivity contribution in [2.24, 2.45) is 5.10 Å². The van der Waals surface area contributed by atoms with Crippen molar-refractivity contribution in [3.63, 3.8) is 0 Å². The number of methoxy groups -OCH3 is 1. The van der Waals surface area contributed by atoms with E-state index in [0.29, 0.717) is 10.3 Å². The predicted molar refractivity (Wildman–Crippen MR) is 111 cm³/mol. The van der Waals surface area contributed by atoms with Gasteiger partial charge in [0.25, 0.3) is 5.95 Å². The van der Waals surface area contributed by atoms with Crippen LogP contribution in [0.15, 0.2) is 39.9 Å². The van der Waals surface area contributed by atoms with Crippen LogP contribution in [0.3, 0.4) is 0 Å². The van der Waals surface area contributed by atoms with Gasteiger partial charge in [0.2, 0.25) is 11.1 Å². The first-order valence-electron chi connectivity index (χ1n) is 8.03. The number of hydrogen-bond donors (Lipinski definition) is 3. The summed E-state index contributed by atoms with van der Waals surface area (Å²) < 4.78 is 6.39. The fourth-order valence-corrected chi connectivity index (χ4v) is 3.40. The molecule has 10 nitrogen and oxygen atoms in total. The number of anilines is 2. The van der Waals surface area contributed by atoms with Gasteiger partial charge in [0, 0.05) is 5.38 Å². The number of aryl methyl sites for hydroxylation is 1. The second kappa shape index (κ2) is 9.19. The van der Waals surface area contributed by atoms with E-state index in [-0.39, 0.29) is 17.6 Å². The van der Waals surface area contributed by atoms with Crippen LogP contribution in [0, 0.1) is 6.92 Å². The Morgan fingerprint density at radius 2 is 2.32 bits per heavy atom. The quantitative estimate of drug-likeness (QED) is 0.219. The highest BCUT2D eigenvalue weighted by Gasteiger charge is 2.12. The van der Waals surface area contributed by atoms with Crippen LogP contribution in [-0.4, -0.2) is 44.8 Å². The summed E-state index contributed by atoms with van der Waals surface area (Å²) in [7, 11) is 1.60. The largest absolute Gasteiger partial charge is 0.497 e. The number of nitrogens with two attached hydrogens (primary N) is 1. The van der Waals surface area contributed by atoms with Crippen molar-refractivity contribution in [2.75, 3.05) is 29.4 Å². The van der Waals surface area contributed by atoms with Gasteiger partial charge < -0.3 is 15.9 Å². The highest BCUT2D eigenvalue weighted by molar-refractivity contribution is 7.99. The van der Waals surface area contributed by atoms with Crippen LogP contribution in [-0.2, 0) is 4.79 Å². The number of hydrogen-bond acceptors (Lipinski definition) is 10. The minimum absolute atomic E-state index is 0.126. The molecule has 4 N–H and O–H groups in total. The average Bonchev–Trinajstić information content (AvgIpc) is 3.26. The van der Waals surface area contributed by atoms with Crippen LogP contribution in [0.2, 0.25) is 0 Å². The number of carbonyl (C=O) groups is 1. The number of carbonyl (C=O) groups excluding carboxylic acids is 1. The number of hydrazone groups is 1. The van der Waals surface area contributed by atoms with Crippen LogP contribution in [0.5, 0.6) is 5.75 Å². The van der Waals surface area contributed by atoms with Crippen molar-refractivity contribution in [1.82, 2.24) is 19.9 Å². The zero-order valence-corrected chi connectivity index (χ0v) is 16.8. The minimum Gasteiger partial charge on any atom is -0.497 e. The van der Waals surface area contributed by atoms with Crippen molar-refractivity contribution in [2.45, 2.75) is 12.1 Å². The third kappa shape index (κ3) is 5.20. The number of nitrogen functional groups attached to an aromatic ring is 1. The molecule has 3 aromatic rings. The maximum absolute atomic E-state index is 12.0. The summed E-state index contributed by atoms with van der Waals surface area (Å²) in [6.45, 7) is 1.86. The van der Waals surface area contributed by atoms with E-state index >= 15 is 0 Å². The zero-order valence-electron chi connectivity index (χ0n) is 15.1. The van der Waals surface area contributed by atoms with Crippen molar-refractivity contribution in [1.29, 1.82) is 0 Å². The summed E-state index contributed by atoms with van der Waals surface area (Å²) in [6, 6.07) is 7.42. The topological polar surface area (TPSA) is 132 Å². The van der Waals surface area contributed by atoms with E-state index in [1.165, 1.54) is 16.0 Å². The number of amides is 1. The molecule has 0 unspecified atom stereocenters. The van der Waals surface area contributed by atoms with Gasteiger partial charge in [-0.1, -0.05) is 23.9 Å². The molecule has 0 aliphatic rings. The van der Waals surface area contributed by atoms with Gasteiger partial charge in [0.05, 0.1) is 24.8 Å². The average molecular weight is 419 g/mol. The van der Waals surface area contributed by atoms with E-state index in [4.69, 9.17) is 10.6 Å². The summed E-state index contributed by atoms with van der Waals surface area (Å²) in [6.07, 6.45) is 1.60. The van der Waals surface area contributed by atoms with Gasteiger partial charge in [-0.15, -0.1) is 21.5 Å². The third-order valence-electron chi connectivity index (χ3n) is 3.33. The molecule has 28 heavy (non-hydrogen) atoms. The number of thioether (sulfide) groups is 1. The number of nitrogens with zero attached hydrogens (tertiary/aromatic N) is 5. The molecule has 0 saturated heterocycles. The number of ether oxygens (including phenoxy) is 1. The summed E-state index contributed by atoms with van der Waals surface area (Å²) in [4.78, 5) is 16.2. The molecule has 1 amide bonds. The van der Waals surface area contributed by atoms with Crippen LogP contribution in [0.1, 0.15) is 11.3 Å². The SMILES string of the molecule is COc1cccc(/C=N/Nc2nnc(SCC(=O)Nc3nc(C)cs3)n2N)c1. The van der Waals surface area contributed by atoms with E-state index in [2.05, 4.69) is 31.0 Å². The normalized spacial score (nSPS) is 10.9. The molecule has 146 valence electrons. The number of rotatable bonds is 8. The zero-order chi connectivity index (χ0) is 19.9. The summed E-state index contributed by atoms with van der Waals surface area (Å²) in [5.74, 6) is 6.85. The van der Waals surface area contributed by atoms with E-state index in [9.17, 15) is 4.79 Å². The molecule has 0 saturated carbocycles. The number of nitrogens with one attached hydrogen (secondary N) is 2. The number of aromatic nitrogens is 4. The highest BCUT2D eigenvalue weighted by atomic mass is 32.2. The second-order valence-electron chi connectivity index (χ2n) is 5.45. The summed E-state index contributed by atoms with van der Waals surface area (Å²) in [5.41, 5.74) is 4.43. The Kier molecular flexibility index (Phi) is 6.45. The second-order valence-corrected chi connectivity index (χ2v) is 7.25. The fraction of sp³-hybridized carbons (Fsp3) is 0.188. The van der Waals surface area contributed by atoms with Crippen LogP contribution < -0.4 is 21.3 Å². The molecule has 0 atom stereocenters. The molecule has 0 bridgehead atoms. The lowest BCUT2D eigenvalue weighted by atomic mass is 10.2. The first-order chi connectivity index (χ1) is 13.5. The first-order valence-corrected chi connectivity index (χ1v) is 9.90. The van der Waals surface area contributed by atoms with E-state index in [0.717, 1.165) is 28.8 Å². The van der Waals surface area contributed by atoms with Gasteiger partial charge in [-0.25, -0.2) is 15.1 Å². The number of thiazole rings is 1. The van der Waals surface area contributed by atoms with Crippen molar-refractivity contribution in [3.8, 4) is 5.75 Å². The van der Waals surface area contributed by atoms with Gasteiger partial charge in [-0.3, -0.25) is 4.79 Å². The third-order valence-corrected chi connectivity index (χ3v) is 5.15. The molecular weight excluding hydrogens is 400 g/mol. The number of benzene rings is 1. The minimum atomic E-state index is -0.201. The molecule has 0 radical (unpaired) electrons. The first kappa shape index (κ1) is 19.6. The van der Waals surface area contributed by atoms with E-state index in [1.54, 1.807) is 13.3 Å². The van der Waals surface area contributed by atoms with E-state index < -0.39 is 0 Å². The monoisotopic (exact) mass is 418 g/mol. The Balaban J connectivity index is 1.53. The molecule has 1 aromatic carbocycles. The van der Waals surface area contributed by atoms with Crippen LogP contribution >= 0.6 is 23.1 Å². The Morgan fingerprint density at radius 3 is 3.07 bits per heavy atom. The van der Waals surface area contributed by atoms with Crippen LogP contribution in [0.4, 0.5) is 11.1 Å². The highest BCUT2D eigenvalue weighted by Crippen LogP contribution is 2.19.